The summed E-state index contributed by atoms with van der Waals surface area (Å²) in [7, 11) is 0. The van der Waals surface area contributed by atoms with Gasteiger partial charge in [-0.05, 0) is 37.1 Å². The molecule has 0 amide bonds. The zero-order chi connectivity index (χ0) is 13.0. The number of hydrogen-bond donors (Lipinski definition) is 1. The Hall–Kier alpha value is -1.36. The summed E-state index contributed by atoms with van der Waals surface area (Å²) in [6.07, 6.45) is -0.0334. The molecule has 5 heteroatoms. The summed E-state index contributed by atoms with van der Waals surface area (Å²) in [4.78, 5) is 22.4. The lowest BCUT2D eigenvalue weighted by molar-refractivity contribution is -0.142. The highest BCUT2D eigenvalue weighted by molar-refractivity contribution is 9.10. The van der Waals surface area contributed by atoms with Crippen LogP contribution < -0.4 is 0 Å². The third-order valence-electron chi connectivity index (χ3n) is 2.25. The fraction of sp³-hybridized carbons (Fsp3) is 0.333. The number of hydrogen-bond acceptors (Lipinski definition) is 3. The van der Waals surface area contributed by atoms with Crippen LogP contribution in [0.3, 0.4) is 0 Å². The second-order valence-corrected chi connectivity index (χ2v) is 4.40. The van der Waals surface area contributed by atoms with Crippen molar-refractivity contribution in [2.24, 2.45) is 0 Å². The number of carboxylic acids is 1. The largest absolute Gasteiger partial charge is 0.478 e. The summed E-state index contributed by atoms with van der Waals surface area (Å²) in [5.74, 6) is -1.47. The molecule has 92 valence electrons. The van der Waals surface area contributed by atoms with E-state index in [1.165, 1.54) is 0 Å². The van der Waals surface area contributed by atoms with Gasteiger partial charge in [-0.2, -0.15) is 0 Å². The molecule has 0 saturated carbocycles. The Morgan fingerprint density at radius 1 is 1.41 bits per heavy atom. The molecule has 0 spiro atoms. The highest BCUT2D eigenvalue weighted by atomic mass is 79.9. The maximum Gasteiger partial charge on any atom is 0.335 e. The first-order valence-electron chi connectivity index (χ1n) is 5.13. The number of benzene rings is 1. The zero-order valence-corrected chi connectivity index (χ0v) is 11.2. The fourth-order valence-corrected chi connectivity index (χ4v) is 1.83. The molecule has 0 radical (unpaired) electrons. The SMILES string of the molecule is CCOC(=O)Cc1cc(Br)c(C)cc1C(=O)O. The first-order chi connectivity index (χ1) is 7.95. The normalized spacial score (nSPS) is 10.1. The highest BCUT2D eigenvalue weighted by Gasteiger charge is 2.15. The van der Waals surface area contributed by atoms with E-state index in [0.29, 0.717) is 5.56 Å². The lowest BCUT2D eigenvalue weighted by Gasteiger charge is -2.08. The van der Waals surface area contributed by atoms with E-state index in [4.69, 9.17) is 9.84 Å². The molecule has 1 N–H and O–H groups in total. The van der Waals surface area contributed by atoms with Crippen LogP contribution in [0.4, 0.5) is 0 Å². The lowest BCUT2D eigenvalue weighted by Crippen LogP contribution is -2.12. The monoisotopic (exact) mass is 300 g/mol. The molecule has 0 unspecified atom stereocenters. The number of carboxylic acid groups (broad SMARTS) is 1. The van der Waals surface area contributed by atoms with E-state index in [1.807, 2.05) is 0 Å². The van der Waals surface area contributed by atoms with Gasteiger partial charge in [-0.3, -0.25) is 4.79 Å². The first kappa shape index (κ1) is 13.7. The van der Waals surface area contributed by atoms with Crippen molar-refractivity contribution in [1.29, 1.82) is 0 Å². The van der Waals surface area contributed by atoms with Crippen LogP contribution in [0.5, 0.6) is 0 Å². The van der Waals surface area contributed by atoms with Crippen LogP contribution in [0, 0.1) is 6.92 Å². The van der Waals surface area contributed by atoms with Gasteiger partial charge in [0.1, 0.15) is 0 Å². The number of esters is 1. The molecule has 0 bridgehead atoms. The van der Waals surface area contributed by atoms with Crippen LogP contribution in [0.15, 0.2) is 16.6 Å². The second kappa shape index (κ2) is 5.82. The van der Waals surface area contributed by atoms with Crippen molar-refractivity contribution in [3.05, 3.63) is 33.3 Å². The van der Waals surface area contributed by atoms with Gasteiger partial charge in [-0.25, -0.2) is 4.79 Å². The Balaban J connectivity index is 3.08. The number of aryl methyl sites for hydroxylation is 1. The van der Waals surface area contributed by atoms with Crippen molar-refractivity contribution in [2.45, 2.75) is 20.3 Å². The van der Waals surface area contributed by atoms with Crippen LogP contribution in [-0.2, 0) is 16.0 Å². The van der Waals surface area contributed by atoms with Crippen LogP contribution in [0.25, 0.3) is 0 Å². The molecule has 1 aromatic rings. The third-order valence-corrected chi connectivity index (χ3v) is 3.11. The summed E-state index contributed by atoms with van der Waals surface area (Å²) in [5.41, 5.74) is 1.40. The van der Waals surface area contributed by atoms with E-state index in [0.717, 1.165) is 10.0 Å². The average molecular weight is 301 g/mol. The summed E-state index contributed by atoms with van der Waals surface area (Å²) in [5, 5.41) is 9.06. The third kappa shape index (κ3) is 3.56. The van der Waals surface area contributed by atoms with Gasteiger partial charge < -0.3 is 9.84 Å². The minimum absolute atomic E-state index is 0.0334. The Morgan fingerprint density at radius 2 is 2.06 bits per heavy atom. The second-order valence-electron chi connectivity index (χ2n) is 3.55. The van der Waals surface area contributed by atoms with E-state index in [2.05, 4.69) is 15.9 Å². The summed E-state index contributed by atoms with van der Waals surface area (Å²) in [6, 6.07) is 3.19. The topological polar surface area (TPSA) is 63.6 Å². The van der Waals surface area contributed by atoms with E-state index in [1.54, 1.807) is 26.0 Å². The minimum Gasteiger partial charge on any atom is -0.478 e. The van der Waals surface area contributed by atoms with E-state index < -0.39 is 11.9 Å². The van der Waals surface area contributed by atoms with E-state index >= 15 is 0 Å². The van der Waals surface area contributed by atoms with Gasteiger partial charge in [-0.1, -0.05) is 15.9 Å². The van der Waals surface area contributed by atoms with Gasteiger partial charge in [-0.15, -0.1) is 0 Å². The van der Waals surface area contributed by atoms with Gasteiger partial charge in [0.2, 0.25) is 0 Å². The molecule has 1 rings (SSSR count). The van der Waals surface area contributed by atoms with Crippen molar-refractivity contribution in [1.82, 2.24) is 0 Å². The van der Waals surface area contributed by atoms with Gasteiger partial charge in [0.25, 0.3) is 0 Å². The Morgan fingerprint density at radius 3 is 2.59 bits per heavy atom. The number of aromatic carboxylic acids is 1. The maximum atomic E-state index is 11.4. The van der Waals surface area contributed by atoms with Crippen LogP contribution in [0.1, 0.15) is 28.4 Å². The molecular formula is C12H13BrO4. The minimum atomic E-state index is -1.04. The molecule has 0 atom stereocenters. The summed E-state index contributed by atoms with van der Waals surface area (Å²) < 4.78 is 5.58. The quantitative estimate of drug-likeness (QED) is 0.868. The Bertz CT molecular complexity index is 454. The van der Waals surface area contributed by atoms with Gasteiger partial charge in [0.05, 0.1) is 18.6 Å². The van der Waals surface area contributed by atoms with Crippen molar-refractivity contribution in [2.75, 3.05) is 6.61 Å². The first-order valence-corrected chi connectivity index (χ1v) is 5.93. The van der Waals surface area contributed by atoms with E-state index in [-0.39, 0.29) is 18.6 Å². The predicted molar refractivity (Wildman–Crippen MR) is 66.2 cm³/mol. The molecule has 0 aliphatic carbocycles. The molecule has 0 saturated heterocycles. The average Bonchev–Trinajstić information content (AvgIpc) is 2.23. The van der Waals surface area contributed by atoms with Crippen molar-refractivity contribution >= 4 is 27.9 Å². The number of rotatable bonds is 4. The Kier molecular flexibility index (Phi) is 4.69. The predicted octanol–water partition coefficient (Wildman–Crippen LogP) is 2.56. The highest BCUT2D eigenvalue weighted by Crippen LogP contribution is 2.22. The van der Waals surface area contributed by atoms with Gasteiger partial charge in [0.15, 0.2) is 0 Å². The molecule has 0 aliphatic rings. The fourth-order valence-electron chi connectivity index (χ4n) is 1.44. The number of carbonyl (C=O) groups is 2. The number of halogens is 1. The van der Waals surface area contributed by atoms with Crippen molar-refractivity contribution < 1.29 is 19.4 Å². The molecule has 1 aromatic carbocycles. The zero-order valence-electron chi connectivity index (χ0n) is 9.62. The standard InChI is InChI=1S/C12H13BrO4/c1-3-17-11(14)6-8-5-10(13)7(2)4-9(8)12(15)16/h4-5H,3,6H2,1-2H3,(H,15,16). The van der Waals surface area contributed by atoms with Crippen LogP contribution in [0.2, 0.25) is 0 Å². The summed E-state index contributed by atoms with van der Waals surface area (Å²) in [6.45, 7) is 3.79. The van der Waals surface area contributed by atoms with Crippen LogP contribution >= 0.6 is 15.9 Å². The van der Waals surface area contributed by atoms with Gasteiger partial charge in [0, 0.05) is 4.47 Å². The van der Waals surface area contributed by atoms with Crippen LogP contribution in [-0.4, -0.2) is 23.7 Å². The van der Waals surface area contributed by atoms with E-state index in [9.17, 15) is 9.59 Å². The molecule has 0 heterocycles. The Labute approximate surface area is 108 Å². The molecular weight excluding hydrogens is 288 g/mol. The van der Waals surface area contributed by atoms with Gasteiger partial charge >= 0.3 is 11.9 Å². The molecule has 17 heavy (non-hydrogen) atoms. The maximum absolute atomic E-state index is 11.4. The molecule has 0 aliphatic heterocycles. The number of carbonyl (C=O) groups excluding carboxylic acids is 1. The molecule has 0 aromatic heterocycles. The molecule has 4 nitrogen and oxygen atoms in total. The number of ether oxygens (including phenoxy) is 1. The van der Waals surface area contributed by atoms with Crippen molar-refractivity contribution in [3.8, 4) is 0 Å². The molecule has 0 fully saturated rings. The lowest BCUT2D eigenvalue weighted by atomic mass is 10.0. The van der Waals surface area contributed by atoms with Crippen molar-refractivity contribution in [3.63, 3.8) is 0 Å². The summed E-state index contributed by atoms with van der Waals surface area (Å²) >= 11 is 3.31. The smallest absolute Gasteiger partial charge is 0.335 e.